The first kappa shape index (κ1) is 21.2. The number of rotatable bonds is 5. The van der Waals surface area contributed by atoms with Crippen LogP contribution in [-0.2, 0) is 4.79 Å². The fraction of sp³-hybridized carbons (Fsp3) is 0.333. The molecule has 0 bridgehead atoms. The van der Waals surface area contributed by atoms with E-state index in [4.69, 9.17) is 0 Å². The summed E-state index contributed by atoms with van der Waals surface area (Å²) in [5, 5.41) is 2.90. The minimum atomic E-state index is -0.187. The fourth-order valence-corrected chi connectivity index (χ4v) is 4.13. The summed E-state index contributed by atoms with van der Waals surface area (Å²) in [5.74, 6) is 2.35. The first-order valence-electron chi connectivity index (χ1n) is 10.0. The summed E-state index contributed by atoms with van der Waals surface area (Å²) in [6.45, 7) is 7.82. The van der Waals surface area contributed by atoms with Crippen molar-refractivity contribution in [3.05, 3.63) is 70.8 Å². The molecule has 2 aromatic rings. The molecule has 0 atom stereocenters. The van der Waals surface area contributed by atoms with Crippen molar-refractivity contribution in [3.8, 4) is 0 Å². The summed E-state index contributed by atoms with van der Waals surface area (Å²) in [6, 6.07) is 13.7. The monoisotopic (exact) mass is 408 g/mol. The molecule has 2 aromatic carbocycles. The number of carbonyl (C=O) groups excluding carboxylic acids is 2. The van der Waals surface area contributed by atoms with Gasteiger partial charge in [-0.05, 0) is 53.8 Å². The molecule has 3 rings (SSSR count). The van der Waals surface area contributed by atoms with Crippen molar-refractivity contribution in [1.82, 2.24) is 4.90 Å². The third-order valence-electron chi connectivity index (χ3n) is 5.06. The number of hydrogen-bond donors (Lipinski definition) is 1. The van der Waals surface area contributed by atoms with Crippen molar-refractivity contribution in [2.75, 3.05) is 29.9 Å². The van der Waals surface area contributed by atoms with Crippen LogP contribution < -0.4 is 5.32 Å². The molecule has 0 unspecified atom stereocenters. The molecule has 2 amide bonds. The predicted octanol–water partition coefficient (Wildman–Crippen LogP) is 4.96. The summed E-state index contributed by atoms with van der Waals surface area (Å²) in [6.07, 6.45) is 3.34. The lowest BCUT2D eigenvalue weighted by Crippen LogP contribution is -2.37. The van der Waals surface area contributed by atoms with Gasteiger partial charge in [-0.3, -0.25) is 9.59 Å². The minimum absolute atomic E-state index is 0.0658. The molecule has 0 aliphatic carbocycles. The van der Waals surface area contributed by atoms with Gasteiger partial charge in [0, 0.05) is 41.9 Å². The summed E-state index contributed by atoms with van der Waals surface area (Å²) >= 11 is 1.88. The van der Waals surface area contributed by atoms with Gasteiger partial charge in [0.2, 0.25) is 5.91 Å². The summed E-state index contributed by atoms with van der Waals surface area (Å²) in [7, 11) is 0. The van der Waals surface area contributed by atoms with E-state index in [-0.39, 0.29) is 11.8 Å². The van der Waals surface area contributed by atoms with Gasteiger partial charge in [-0.2, -0.15) is 11.8 Å². The second kappa shape index (κ2) is 9.79. The molecule has 0 saturated carbocycles. The molecule has 5 heteroatoms. The van der Waals surface area contributed by atoms with E-state index in [9.17, 15) is 9.59 Å². The molecule has 1 N–H and O–H groups in total. The predicted molar refractivity (Wildman–Crippen MR) is 123 cm³/mol. The van der Waals surface area contributed by atoms with Gasteiger partial charge in [0.1, 0.15) is 0 Å². The molecule has 29 heavy (non-hydrogen) atoms. The number of nitrogens with zero attached hydrogens (tertiary/aromatic N) is 1. The third-order valence-corrected chi connectivity index (χ3v) is 6.00. The lowest BCUT2D eigenvalue weighted by Gasteiger charge is -2.26. The Morgan fingerprint density at radius 2 is 1.76 bits per heavy atom. The highest BCUT2D eigenvalue weighted by Gasteiger charge is 2.19. The van der Waals surface area contributed by atoms with E-state index in [1.807, 2.05) is 47.9 Å². The van der Waals surface area contributed by atoms with E-state index in [0.29, 0.717) is 11.5 Å². The molecule has 1 saturated heterocycles. The summed E-state index contributed by atoms with van der Waals surface area (Å²) < 4.78 is 0. The average Bonchev–Trinajstić information content (AvgIpc) is 2.74. The molecule has 1 aliphatic heterocycles. The SMILES string of the molecule is Cc1cc(C(=O)N2CCSCC2)ccc1NC(=O)/C=C/c1ccc(C(C)C)cc1. The van der Waals surface area contributed by atoms with Gasteiger partial charge in [-0.25, -0.2) is 0 Å². The summed E-state index contributed by atoms with van der Waals surface area (Å²) in [4.78, 5) is 26.8. The third kappa shape index (κ3) is 5.73. The van der Waals surface area contributed by atoms with Gasteiger partial charge in [0.25, 0.3) is 5.91 Å². The highest BCUT2D eigenvalue weighted by atomic mass is 32.2. The second-order valence-electron chi connectivity index (χ2n) is 7.58. The van der Waals surface area contributed by atoms with Gasteiger partial charge in [0.05, 0.1) is 0 Å². The number of nitrogens with one attached hydrogen (secondary N) is 1. The quantitative estimate of drug-likeness (QED) is 0.712. The Morgan fingerprint density at radius 1 is 1.07 bits per heavy atom. The van der Waals surface area contributed by atoms with Crippen LogP contribution in [0.15, 0.2) is 48.5 Å². The van der Waals surface area contributed by atoms with Gasteiger partial charge < -0.3 is 10.2 Å². The highest BCUT2D eigenvalue weighted by molar-refractivity contribution is 7.99. The van der Waals surface area contributed by atoms with Crippen molar-refractivity contribution in [1.29, 1.82) is 0 Å². The lowest BCUT2D eigenvalue weighted by molar-refractivity contribution is -0.111. The van der Waals surface area contributed by atoms with Crippen LogP contribution >= 0.6 is 11.8 Å². The van der Waals surface area contributed by atoms with Crippen LogP contribution in [0.4, 0.5) is 5.69 Å². The lowest BCUT2D eigenvalue weighted by atomic mass is 10.0. The maximum Gasteiger partial charge on any atom is 0.253 e. The number of amides is 2. The molecular weight excluding hydrogens is 380 g/mol. The van der Waals surface area contributed by atoms with Crippen LogP contribution in [0.2, 0.25) is 0 Å². The minimum Gasteiger partial charge on any atom is -0.337 e. The van der Waals surface area contributed by atoms with Crippen molar-refractivity contribution in [3.63, 3.8) is 0 Å². The zero-order valence-corrected chi connectivity index (χ0v) is 18.1. The Bertz CT molecular complexity index is 898. The van der Waals surface area contributed by atoms with E-state index in [1.54, 1.807) is 12.1 Å². The van der Waals surface area contributed by atoms with Crippen molar-refractivity contribution < 1.29 is 9.59 Å². The maximum absolute atomic E-state index is 12.6. The van der Waals surface area contributed by atoms with Gasteiger partial charge in [-0.1, -0.05) is 38.1 Å². The fourth-order valence-electron chi connectivity index (χ4n) is 3.22. The number of hydrogen-bond acceptors (Lipinski definition) is 3. The number of anilines is 1. The summed E-state index contributed by atoms with van der Waals surface area (Å²) in [5.41, 5.74) is 4.54. The van der Waals surface area contributed by atoms with Crippen LogP contribution in [0.5, 0.6) is 0 Å². The maximum atomic E-state index is 12.6. The van der Waals surface area contributed by atoms with Crippen LogP contribution in [0.1, 0.15) is 46.8 Å². The number of benzene rings is 2. The molecule has 0 radical (unpaired) electrons. The Labute approximate surface area is 177 Å². The Hall–Kier alpha value is -2.53. The molecule has 1 aliphatic rings. The van der Waals surface area contributed by atoms with Crippen LogP contribution in [-0.4, -0.2) is 41.3 Å². The topological polar surface area (TPSA) is 49.4 Å². The zero-order chi connectivity index (χ0) is 20.8. The second-order valence-corrected chi connectivity index (χ2v) is 8.80. The first-order valence-corrected chi connectivity index (χ1v) is 11.2. The average molecular weight is 409 g/mol. The van der Waals surface area contributed by atoms with E-state index < -0.39 is 0 Å². The van der Waals surface area contributed by atoms with Gasteiger partial charge in [-0.15, -0.1) is 0 Å². The first-order chi connectivity index (χ1) is 13.9. The van der Waals surface area contributed by atoms with Crippen LogP contribution in [0, 0.1) is 6.92 Å². The van der Waals surface area contributed by atoms with Crippen molar-refractivity contribution >= 4 is 35.3 Å². The van der Waals surface area contributed by atoms with Gasteiger partial charge in [0.15, 0.2) is 0 Å². The molecule has 152 valence electrons. The molecule has 0 spiro atoms. The van der Waals surface area contributed by atoms with E-state index in [2.05, 4.69) is 31.3 Å². The van der Waals surface area contributed by atoms with E-state index in [0.717, 1.165) is 41.4 Å². The largest absolute Gasteiger partial charge is 0.337 e. The normalized spacial score (nSPS) is 14.4. The highest BCUT2D eigenvalue weighted by Crippen LogP contribution is 2.20. The van der Waals surface area contributed by atoms with Crippen molar-refractivity contribution in [2.24, 2.45) is 0 Å². The molecule has 1 fully saturated rings. The van der Waals surface area contributed by atoms with Crippen LogP contribution in [0.3, 0.4) is 0 Å². The van der Waals surface area contributed by atoms with Gasteiger partial charge >= 0.3 is 0 Å². The number of carbonyl (C=O) groups is 2. The smallest absolute Gasteiger partial charge is 0.253 e. The standard InChI is InChI=1S/C24H28N2O2S/c1-17(2)20-7-4-19(5-8-20)6-11-23(27)25-22-10-9-21(16-18(22)3)24(28)26-12-14-29-15-13-26/h4-11,16-17H,12-15H2,1-3H3,(H,25,27)/b11-6+. The molecular formula is C24H28N2O2S. The van der Waals surface area contributed by atoms with E-state index >= 15 is 0 Å². The number of aryl methyl sites for hydroxylation is 1. The molecule has 4 nitrogen and oxygen atoms in total. The van der Waals surface area contributed by atoms with Crippen molar-refractivity contribution in [2.45, 2.75) is 26.7 Å². The van der Waals surface area contributed by atoms with E-state index in [1.165, 1.54) is 11.6 Å². The molecule has 0 aromatic heterocycles. The van der Waals surface area contributed by atoms with Crippen LogP contribution in [0.25, 0.3) is 6.08 Å². The number of thioether (sulfide) groups is 1. The Kier molecular flexibility index (Phi) is 7.15. The molecule has 1 heterocycles. The zero-order valence-electron chi connectivity index (χ0n) is 17.3. The Balaban J connectivity index is 1.62. The Morgan fingerprint density at radius 3 is 2.38 bits per heavy atom.